The minimum absolute atomic E-state index is 0.0583. The Morgan fingerprint density at radius 2 is 2.24 bits per heavy atom. The molecule has 1 aliphatic carbocycles. The van der Waals surface area contributed by atoms with Crippen LogP contribution in [0.3, 0.4) is 0 Å². The first kappa shape index (κ1) is 14.9. The van der Waals surface area contributed by atoms with Crippen molar-refractivity contribution in [3.63, 3.8) is 0 Å². The highest BCUT2D eigenvalue weighted by atomic mass is 16.6. The fraction of sp³-hybridized carbons (Fsp3) is 0.462. The maximum atomic E-state index is 10.7. The van der Waals surface area contributed by atoms with E-state index in [4.69, 9.17) is 20.4 Å². The summed E-state index contributed by atoms with van der Waals surface area (Å²) in [6.07, 6.45) is 2.32. The molecule has 21 heavy (non-hydrogen) atoms. The fourth-order valence-electron chi connectivity index (χ4n) is 2.09. The van der Waals surface area contributed by atoms with E-state index in [9.17, 15) is 10.1 Å². The molecule has 1 aromatic rings. The van der Waals surface area contributed by atoms with Gasteiger partial charge in [-0.3, -0.25) is 10.1 Å². The molecule has 0 amide bonds. The highest BCUT2D eigenvalue weighted by Crippen LogP contribution is 2.49. The smallest absolute Gasteiger partial charge is 0.273 e. The summed E-state index contributed by atoms with van der Waals surface area (Å²) in [5.74, 6) is 0.921. The summed E-state index contributed by atoms with van der Waals surface area (Å²) in [5, 5.41) is 22.3. The van der Waals surface area contributed by atoms with Gasteiger partial charge in [-0.1, -0.05) is 5.16 Å². The van der Waals surface area contributed by atoms with E-state index in [0.717, 1.165) is 12.8 Å². The first-order valence-corrected chi connectivity index (χ1v) is 6.41. The second-order valence-electron chi connectivity index (χ2n) is 5.15. The molecule has 0 bridgehead atoms. The van der Waals surface area contributed by atoms with Gasteiger partial charge >= 0.3 is 0 Å². The molecule has 1 saturated carbocycles. The van der Waals surface area contributed by atoms with Crippen LogP contribution in [0.5, 0.6) is 11.5 Å². The SMILES string of the molecule is COc1cc([N+](=O)[O-])ccc1OCC1(CC(N)=NO)CC1. The highest BCUT2D eigenvalue weighted by Gasteiger charge is 2.44. The van der Waals surface area contributed by atoms with Crippen molar-refractivity contribution in [2.24, 2.45) is 16.3 Å². The van der Waals surface area contributed by atoms with Gasteiger partial charge in [0, 0.05) is 17.9 Å². The second kappa shape index (κ2) is 5.86. The van der Waals surface area contributed by atoms with Crippen LogP contribution in [-0.2, 0) is 0 Å². The summed E-state index contributed by atoms with van der Waals surface area (Å²) in [6.45, 7) is 0.386. The van der Waals surface area contributed by atoms with Crippen molar-refractivity contribution in [2.75, 3.05) is 13.7 Å². The molecule has 1 aliphatic rings. The lowest BCUT2D eigenvalue weighted by Gasteiger charge is -2.16. The maximum absolute atomic E-state index is 10.7. The zero-order valence-electron chi connectivity index (χ0n) is 11.6. The average Bonchev–Trinajstić information content (AvgIpc) is 3.24. The van der Waals surface area contributed by atoms with Crippen LogP contribution in [0.1, 0.15) is 19.3 Å². The largest absolute Gasteiger partial charge is 0.493 e. The molecule has 3 N–H and O–H groups in total. The Morgan fingerprint density at radius 3 is 2.76 bits per heavy atom. The second-order valence-corrected chi connectivity index (χ2v) is 5.15. The van der Waals surface area contributed by atoms with Crippen LogP contribution in [-0.4, -0.2) is 29.7 Å². The molecular formula is C13H17N3O5. The predicted molar refractivity (Wildman–Crippen MR) is 74.8 cm³/mol. The average molecular weight is 295 g/mol. The minimum atomic E-state index is -0.493. The van der Waals surface area contributed by atoms with Crippen molar-refractivity contribution < 1.29 is 19.6 Å². The van der Waals surface area contributed by atoms with Crippen LogP contribution in [0.4, 0.5) is 5.69 Å². The number of oxime groups is 1. The first-order chi connectivity index (χ1) is 9.99. The van der Waals surface area contributed by atoms with Crippen LogP contribution >= 0.6 is 0 Å². The number of nitrogens with two attached hydrogens (primary N) is 1. The molecule has 0 spiro atoms. The van der Waals surface area contributed by atoms with Crippen LogP contribution < -0.4 is 15.2 Å². The quantitative estimate of drug-likeness (QED) is 0.260. The molecule has 1 aromatic carbocycles. The van der Waals surface area contributed by atoms with E-state index in [0.29, 0.717) is 24.5 Å². The minimum Gasteiger partial charge on any atom is -0.493 e. The van der Waals surface area contributed by atoms with Gasteiger partial charge < -0.3 is 20.4 Å². The third kappa shape index (κ3) is 3.53. The van der Waals surface area contributed by atoms with Gasteiger partial charge in [0.25, 0.3) is 5.69 Å². The van der Waals surface area contributed by atoms with Gasteiger partial charge in [-0.05, 0) is 18.9 Å². The Kier molecular flexibility index (Phi) is 4.15. The third-order valence-electron chi connectivity index (χ3n) is 3.53. The van der Waals surface area contributed by atoms with Gasteiger partial charge in [0.1, 0.15) is 5.84 Å². The lowest BCUT2D eigenvalue weighted by Crippen LogP contribution is -2.22. The topological polar surface area (TPSA) is 120 Å². The summed E-state index contributed by atoms with van der Waals surface area (Å²) in [7, 11) is 1.43. The molecule has 114 valence electrons. The van der Waals surface area contributed by atoms with E-state index in [-0.39, 0.29) is 16.9 Å². The summed E-state index contributed by atoms with van der Waals surface area (Å²) in [4.78, 5) is 10.2. The normalized spacial score (nSPS) is 16.3. The highest BCUT2D eigenvalue weighted by molar-refractivity contribution is 5.80. The molecule has 0 aliphatic heterocycles. The van der Waals surface area contributed by atoms with Crippen LogP contribution in [0.25, 0.3) is 0 Å². The van der Waals surface area contributed by atoms with Gasteiger partial charge in [0.05, 0.1) is 24.7 Å². The number of nitro groups is 1. The number of hydrogen-bond donors (Lipinski definition) is 2. The standard InChI is InChI=1S/C13H17N3O5/c1-20-11-6-9(16(18)19)2-3-10(11)21-8-13(4-5-13)7-12(14)15-17/h2-3,6,17H,4-5,7-8H2,1H3,(H2,14,15). The Labute approximate surface area is 121 Å². The van der Waals surface area contributed by atoms with E-state index in [1.807, 2.05) is 0 Å². The van der Waals surface area contributed by atoms with Crippen molar-refractivity contribution >= 4 is 11.5 Å². The molecule has 0 unspecified atom stereocenters. The number of benzene rings is 1. The van der Waals surface area contributed by atoms with Crippen molar-refractivity contribution in [3.8, 4) is 11.5 Å². The van der Waals surface area contributed by atoms with Gasteiger partial charge in [0.15, 0.2) is 11.5 Å². The number of nitro benzene ring substituents is 1. The van der Waals surface area contributed by atoms with E-state index < -0.39 is 4.92 Å². The van der Waals surface area contributed by atoms with Crippen molar-refractivity contribution in [2.45, 2.75) is 19.3 Å². The number of hydrogen-bond acceptors (Lipinski definition) is 6. The Morgan fingerprint density at radius 1 is 1.52 bits per heavy atom. The van der Waals surface area contributed by atoms with E-state index in [2.05, 4.69) is 5.16 Å². The number of nitrogens with zero attached hydrogens (tertiary/aromatic N) is 2. The molecule has 8 heteroatoms. The molecule has 8 nitrogen and oxygen atoms in total. The first-order valence-electron chi connectivity index (χ1n) is 6.41. The summed E-state index contributed by atoms with van der Waals surface area (Å²) >= 11 is 0. The van der Waals surface area contributed by atoms with Crippen molar-refractivity contribution in [3.05, 3.63) is 28.3 Å². The van der Waals surface area contributed by atoms with Crippen molar-refractivity contribution in [1.82, 2.24) is 0 Å². The van der Waals surface area contributed by atoms with Crippen LogP contribution in [0.15, 0.2) is 23.4 Å². The zero-order valence-corrected chi connectivity index (χ0v) is 11.6. The molecule has 1 fully saturated rings. The maximum Gasteiger partial charge on any atom is 0.273 e. The van der Waals surface area contributed by atoms with Gasteiger partial charge in [-0.15, -0.1) is 0 Å². The lowest BCUT2D eigenvalue weighted by molar-refractivity contribution is -0.385. The lowest BCUT2D eigenvalue weighted by atomic mass is 10.0. The van der Waals surface area contributed by atoms with E-state index in [1.54, 1.807) is 0 Å². The van der Waals surface area contributed by atoms with Crippen LogP contribution in [0, 0.1) is 15.5 Å². The number of ether oxygens (including phenoxy) is 2. The van der Waals surface area contributed by atoms with Gasteiger partial charge in [0.2, 0.25) is 0 Å². The summed E-state index contributed by atoms with van der Waals surface area (Å²) in [6, 6.07) is 4.19. The monoisotopic (exact) mass is 295 g/mol. The van der Waals surface area contributed by atoms with E-state index >= 15 is 0 Å². The Bertz CT molecular complexity index is 569. The molecule has 0 radical (unpaired) electrons. The third-order valence-corrected chi connectivity index (χ3v) is 3.53. The summed E-state index contributed by atoms with van der Waals surface area (Å²) in [5.41, 5.74) is 5.34. The predicted octanol–water partition coefficient (Wildman–Crippen LogP) is 1.90. The van der Waals surface area contributed by atoms with Crippen LogP contribution in [0.2, 0.25) is 0 Å². The molecular weight excluding hydrogens is 278 g/mol. The molecule has 2 rings (SSSR count). The number of non-ortho nitro benzene ring substituents is 1. The van der Waals surface area contributed by atoms with E-state index in [1.165, 1.54) is 25.3 Å². The molecule has 0 saturated heterocycles. The van der Waals surface area contributed by atoms with Crippen molar-refractivity contribution in [1.29, 1.82) is 0 Å². The van der Waals surface area contributed by atoms with Gasteiger partial charge in [-0.2, -0.15) is 0 Å². The molecule has 0 atom stereocenters. The number of rotatable bonds is 7. The fourth-order valence-corrected chi connectivity index (χ4v) is 2.09. The zero-order chi connectivity index (χ0) is 15.5. The number of amidine groups is 1. The Hall–Kier alpha value is -2.51. The Balaban J connectivity index is 2.05. The summed E-state index contributed by atoms with van der Waals surface area (Å²) < 4.78 is 10.8. The number of methoxy groups -OCH3 is 1. The molecule has 0 aromatic heterocycles. The van der Waals surface area contributed by atoms with Gasteiger partial charge in [-0.25, -0.2) is 0 Å². The molecule has 0 heterocycles.